The third-order valence-corrected chi connectivity index (χ3v) is 5.23. The second-order valence-corrected chi connectivity index (χ2v) is 7.37. The highest BCUT2D eigenvalue weighted by molar-refractivity contribution is 5.23. The molecule has 0 bridgehead atoms. The van der Waals surface area contributed by atoms with E-state index in [0.29, 0.717) is 13.0 Å². The minimum Gasteiger partial charge on any atom is -0.392 e. The molecule has 3 rings (SSSR count). The summed E-state index contributed by atoms with van der Waals surface area (Å²) >= 11 is 0. The highest BCUT2D eigenvalue weighted by Crippen LogP contribution is 2.20. The van der Waals surface area contributed by atoms with E-state index in [2.05, 4.69) is 34.1 Å². The van der Waals surface area contributed by atoms with Gasteiger partial charge in [-0.15, -0.1) is 0 Å². The third kappa shape index (κ3) is 6.13. The molecule has 1 aliphatic heterocycles. The van der Waals surface area contributed by atoms with Gasteiger partial charge in [0.25, 0.3) is 0 Å². The van der Waals surface area contributed by atoms with E-state index in [0.717, 1.165) is 43.9 Å². The molecule has 27 heavy (non-hydrogen) atoms. The predicted molar refractivity (Wildman–Crippen MR) is 106 cm³/mol. The first kappa shape index (κ1) is 20.0. The van der Waals surface area contributed by atoms with E-state index in [1.165, 1.54) is 5.56 Å². The number of piperazine rings is 1. The van der Waals surface area contributed by atoms with E-state index in [4.69, 9.17) is 5.11 Å². The Morgan fingerprint density at radius 3 is 2.04 bits per heavy atom. The van der Waals surface area contributed by atoms with E-state index in [9.17, 15) is 10.2 Å². The summed E-state index contributed by atoms with van der Waals surface area (Å²) in [5.41, 5.74) is 2.93. The molecule has 0 unspecified atom stereocenters. The van der Waals surface area contributed by atoms with Crippen molar-refractivity contribution < 1.29 is 15.3 Å². The van der Waals surface area contributed by atoms with Gasteiger partial charge >= 0.3 is 0 Å². The number of benzene rings is 2. The fourth-order valence-corrected chi connectivity index (χ4v) is 3.58. The molecule has 1 heterocycles. The molecule has 5 nitrogen and oxygen atoms in total. The largest absolute Gasteiger partial charge is 0.392 e. The van der Waals surface area contributed by atoms with E-state index in [1.807, 2.05) is 18.2 Å². The summed E-state index contributed by atoms with van der Waals surface area (Å²) in [4.78, 5) is 4.71. The Labute approximate surface area is 161 Å². The van der Waals surface area contributed by atoms with Gasteiger partial charge in [0.05, 0.1) is 18.8 Å². The maximum atomic E-state index is 10.4. The molecule has 0 radical (unpaired) electrons. The standard InChI is InChI=1S/C22H30N2O3/c25-17-19-6-8-20(9-7-19)22(27)14-21(26)16-24-12-10-23(11-13-24)15-18-4-2-1-3-5-18/h1-9,21-22,25-27H,10-17H2/t21-,22+/m0/s1. The van der Waals surface area contributed by atoms with Crippen molar-refractivity contribution in [2.24, 2.45) is 0 Å². The molecule has 0 aliphatic carbocycles. The summed E-state index contributed by atoms with van der Waals surface area (Å²) in [5, 5.41) is 29.8. The van der Waals surface area contributed by atoms with E-state index in [-0.39, 0.29) is 6.61 Å². The fraction of sp³-hybridized carbons (Fsp3) is 0.455. The van der Waals surface area contributed by atoms with E-state index < -0.39 is 12.2 Å². The molecular formula is C22H30N2O3. The van der Waals surface area contributed by atoms with Gasteiger partial charge < -0.3 is 15.3 Å². The van der Waals surface area contributed by atoms with Crippen LogP contribution >= 0.6 is 0 Å². The average molecular weight is 370 g/mol. The first-order valence-corrected chi connectivity index (χ1v) is 9.68. The Bertz CT molecular complexity index is 670. The Balaban J connectivity index is 1.40. The average Bonchev–Trinajstić information content (AvgIpc) is 2.70. The van der Waals surface area contributed by atoms with Crippen molar-refractivity contribution in [1.29, 1.82) is 0 Å². The van der Waals surface area contributed by atoms with Crippen LogP contribution < -0.4 is 0 Å². The number of hydrogen-bond acceptors (Lipinski definition) is 5. The Morgan fingerprint density at radius 1 is 0.778 bits per heavy atom. The zero-order valence-corrected chi connectivity index (χ0v) is 15.7. The zero-order valence-electron chi connectivity index (χ0n) is 15.7. The Morgan fingerprint density at radius 2 is 1.41 bits per heavy atom. The lowest BCUT2D eigenvalue weighted by Crippen LogP contribution is -2.48. The smallest absolute Gasteiger partial charge is 0.0815 e. The van der Waals surface area contributed by atoms with Gasteiger partial charge in [-0.2, -0.15) is 0 Å². The van der Waals surface area contributed by atoms with Gasteiger partial charge in [0.15, 0.2) is 0 Å². The van der Waals surface area contributed by atoms with Gasteiger partial charge in [-0.25, -0.2) is 0 Å². The summed E-state index contributed by atoms with van der Waals surface area (Å²) in [6, 6.07) is 17.7. The van der Waals surface area contributed by atoms with Gasteiger partial charge in [-0.05, 0) is 16.7 Å². The van der Waals surface area contributed by atoms with Crippen LogP contribution in [0.4, 0.5) is 0 Å². The van der Waals surface area contributed by atoms with Gasteiger partial charge in [0.2, 0.25) is 0 Å². The second kappa shape index (κ2) is 9.97. The summed E-state index contributed by atoms with van der Waals surface area (Å²) in [7, 11) is 0. The molecule has 2 atom stereocenters. The molecule has 3 N–H and O–H groups in total. The van der Waals surface area contributed by atoms with Crippen molar-refractivity contribution >= 4 is 0 Å². The molecule has 1 fully saturated rings. The molecule has 1 aliphatic rings. The SMILES string of the molecule is OCc1ccc([C@H](O)C[C@H](O)CN2CCN(Cc3ccccc3)CC2)cc1. The lowest BCUT2D eigenvalue weighted by atomic mass is 10.0. The van der Waals surface area contributed by atoms with Crippen molar-refractivity contribution in [2.75, 3.05) is 32.7 Å². The fourth-order valence-electron chi connectivity index (χ4n) is 3.58. The normalized spacial score (nSPS) is 18.3. The van der Waals surface area contributed by atoms with Crippen LogP contribution in [0.3, 0.4) is 0 Å². The molecule has 0 saturated carbocycles. The number of β-amino-alcohol motifs (C(OH)–C–C–N with tert-alkyl or cyclic N) is 1. The monoisotopic (exact) mass is 370 g/mol. The third-order valence-electron chi connectivity index (χ3n) is 5.23. The summed E-state index contributed by atoms with van der Waals surface area (Å²) in [5.74, 6) is 0. The van der Waals surface area contributed by atoms with Crippen LogP contribution in [0.15, 0.2) is 54.6 Å². The predicted octanol–water partition coefficient (Wildman–Crippen LogP) is 1.78. The van der Waals surface area contributed by atoms with Crippen LogP contribution in [0.2, 0.25) is 0 Å². The number of aliphatic hydroxyl groups excluding tert-OH is 3. The van der Waals surface area contributed by atoms with Crippen LogP contribution in [0, 0.1) is 0 Å². The maximum absolute atomic E-state index is 10.4. The van der Waals surface area contributed by atoms with Gasteiger partial charge in [0, 0.05) is 45.7 Å². The Kier molecular flexibility index (Phi) is 7.38. The van der Waals surface area contributed by atoms with Crippen LogP contribution in [-0.2, 0) is 13.2 Å². The van der Waals surface area contributed by atoms with Crippen LogP contribution in [-0.4, -0.2) is 63.9 Å². The molecule has 1 saturated heterocycles. The zero-order chi connectivity index (χ0) is 19.1. The van der Waals surface area contributed by atoms with Crippen molar-refractivity contribution in [3.8, 4) is 0 Å². The number of hydrogen-bond donors (Lipinski definition) is 3. The van der Waals surface area contributed by atoms with Crippen molar-refractivity contribution in [3.63, 3.8) is 0 Å². The van der Waals surface area contributed by atoms with Crippen LogP contribution in [0.1, 0.15) is 29.2 Å². The van der Waals surface area contributed by atoms with Crippen LogP contribution in [0.25, 0.3) is 0 Å². The topological polar surface area (TPSA) is 67.2 Å². The number of aliphatic hydroxyl groups is 3. The molecule has 2 aromatic carbocycles. The highest BCUT2D eigenvalue weighted by Gasteiger charge is 2.21. The maximum Gasteiger partial charge on any atom is 0.0815 e. The number of nitrogens with zero attached hydrogens (tertiary/aromatic N) is 2. The molecule has 0 amide bonds. The lowest BCUT2D eigenvalue weighted by molar-refractivity contribution is 0.0362. The lowest BCUT2D eigenvalue weighted by Gasteiger charge is -2.35. The van der Waals surface area contributed by atoms with E-state index >= 15 is 0 Å². The van der Waals surface area contributed by atoms with Crippen molar-refractivity contribution in [3.05, 3.63) is 71.3 Å². The minimum absolute atomic E-state index is 0.00471. The van der Waals surface area contributed by atoms with Crippen LogP contribution in [0.5, 0.6) is 0 Å². The summed E-state index contributed by atoms with van der Waals surface area (Å²) in [6.45, 7) is 5.41. The quantitative estimate of drug-likeness (QED) is 0.661. The molecule has 2 aromatic rings. The van der Waals surface area contributed by atoms with Crippen molar-refractivity contribution in [2.45, 2.75) is 31.8 Å². The van der Waals surface area contributed by atoms with Gasteiger partial charge in [0.1, 0.15) is 0 Å². The second-order valence-electron chi connectivity index (χ2n) is 7.37. The highest BCUT2D eigenvalue weighted by atomic mass is 16.3. The molecular weight excluding hydrogens is 340 g/mol. The molecule has 146 valence electrons. The van der Waals surface area contributed by atoms with Crippen molar-refractivity contribution in [1.82, 2.24) is 9.80 Å². The molecule has 5 heteroatoms. The minimum atomic E-state index is -0.688. The van der Waals surface area contributed by atoms with Gasteiger partial charge in [-0.1, -0.05) is 54.6 Å². The number of rotatable bonds is 8. The first-order valence-electron chi connectivity index (χ1n) is 9.68. The van der Waals surface area contributed by atoms with E-state index in [1.54, 1.807) is 12.1 Å². The summed E-state index contributed by atoms with van der Waals surface area (Å²) < 4.78 is 0. The van der Waals surface area contributed by atoms with Gasteiger partial charge in [-0.3, -0.25) is 9.80 Å². The first-order chi connectivity index (χ1) is 13.1. The summed E-state index contributed by atoms with van der Waals surface area (Å²) in [6.07, 6.45) is -0.923. The Hall–Kier alpha value is -1.76. The molecule has 0 spiro atoms. The molecule has 0 aromatic heterocycles.